The van der Waals surface area contributed by atoms with Crippen LogP contribution in [-0.4, -0.2) is 31.3 Å². The van der Waals surface area contributed by atoms with Crippen molar-refractivity contribution in [3.8, 4) is 5.88 Å². The Morgan fingerprint density at radius 1 is 1.40 bits per heavy atom. The Bertz CT molecular complexity index is 420. The quantitative estimate of drug-likeness (QED) is 0.680. The van der Waals surface area contributed by atoms with Gasteiger partial charge >= 0.3 is 0 Å². The summed E-state index contributed by atoms with van der Waals surface area (Å²) in [6.07, 6.45) is 2.51. The average Bonchev–Trinajstić information content (AvgIpc) is 3.22. The van der Waals surface area contributed by atoms with E-state index in [-0.39, 0.29) is 0 Å². The zero-order valence-corrected chi connectivity index (χ0v) is 12.4. The second-order valence-electron chi connectivity index (χ2n) is 5.74. The molecule has 2 rings (SSSR count). The Kier molecular flexibility index (Phi) is 5.47. The van der Waals surface area contributed by atoms with E-state index in [0.29, 0.717) is 30.0 Å². The number of anilines is 2. The number of nitrogens with zero attached hydrogens (tertiary/aromatic N) is 1. The lowest BCUT2D eigenvalue weighted by atomic mass is 10.2. The fourth-order valence-electron chi connectivity index (χ4n) is 1.72. The molecule has 1 aliphatic carbocycles. The van der Waals surface area contributed by atoms with Crippen LogP contribution in [0, 0.1) is 11.8 Å². The lowest BCUT2D eigenvalue weighted by molar-refractivity contribution is 0.118. The van der Waals surface area contributed by atoms with Crippen molar-refractivity contribution in [3.63, 3.8) is 0 Å². The fourth-order valence-corrected chi connectivity index (χ4v) is 1.72. The zero-order valence-electron chi connectivity index (χ0n) is 12.4. The van der Waals surface area contributed by atoms with Gasteiger partial charge in [-0.05, 0) is 36.8 Å². The largest absolute Gasteiger partial charge is 0.476 e. The lowest BCUT2D eigenvalue weighted by Gasteiger charge is -2.11. The average molecular weight is 279 g/mol. The lowest BCUT2D eigenvalue weighted by Crippen LogP contribution is -2.13. The van der Waals surface area contributed by atoms with E-state index in [1.54, 1.807) is 0 Å². The van der Waals surface area contributed by atoms with E-state index >= 15 is 0 Å². The molecule has 1 saturated carbocycles. The van der Waals surface area contributed by atoms with E-state index in [1.165, 1.54) is 12.8 Å². The van der Waals surface area contributed by atoms with Gasteiger partial charge in [0.2, 0.25) is 5.88 Å². The minimum atomic E-state index is 0.532. The highest BCUT2D eigenvalue weighted by molar-refractivity contribution is 5.53. The molecule has 0 radical (unpaired) electrons. The summed E-state index contributed by atoms with van der Waals surface area (Å²) in [5, 5.41) is 3.22. The van der Waals surface area contributed by atoms with Gasteiger partial charge in [-0.3, -0.25) is 0 Å². The third kappa shape index (κ3) is 5.25. The first-order valence-corrected chi connectivity index (χ1v) is 7.36. The van der Waals surface area contributed by atoms with Gasteiger partial charge in [0.05, 0.1) is 18.9 Å². The van der Waals surface area contributed by atoms with Crippen LogP contribution in [0.15, 0.2) is 12.1 Å². The monoisotopic (exact) mass is 279 g/mol. The van der Waals surface area contributed by atoms with Crippen molar-refractivity contribution in [3.05, 3.63) is 12.1 Å². The highest BCUT2D eigenvalue weighted by atomic mass is 16.5. The molecular formula is C15H25N3O2. The van der Waals surface area contributed by atoms with Crippen LogP contribution in [-0.2, 0) is 4.74 Å². The van der Waals surface area contributed by atoms with Crippen molar-refractivity contribution in [1.82, 2.24) is 4.98 Å². The van der Waals surface area contributed by atoms with Crippen LogP contribution in [0.5, 0.6) is 5.88 Å². The molecular weight excluding hydrogens is 254 g/mol. The van der Waals surface area contributed by atoms with Crippen molar-refractivity contribution < 1.29 is 9.47 Å². The predicted molar refractivity (Wildman–Crippen MR) is 81.0 cm³/mol. The third-order valence-corrected chi connectivity index (χ3v) is 3.05. The molecule has 0 aliphatic heterocycles. The summed E-state index contributed by atoms with van der Waals surface area (Å²) in [7, 11) is 0. The summed E-state index contributed by atoms with van der Waals surface area (Å²) in [5.74, 6) is 2.56. The number of ether oxygens (including phenoxy) is 2. The van der Waals surface area contributed by atoms with Gasteiger partial charge < -0.3 is 20.5 Å². The van der Waals surface area contributed by atoms with E-state index in [4.69, 9.17) is 15.2 Å². The van der Waals surface area contributed by atoms with Crippen LogP contribution >= 0.6 is 0 Å². The predicted octanol–water partition coefficient (Wildman–Crippen LogP) is 2.54. The molecule has 1 heterocycles. The molecule has 1 aliphatic rings. The van der Waals surface area contributed by atoms with Gasteiger partial charge in [-0.1, -0.05) is 13.8 Å². The van der Waals surface area contributed by atoms with Crippen molar-refractivity contribution in [2.75, 3.05) is 37.4 Å². The van der Waals surface area contributed by atoms with Crippen LogP contribution in [0.4, 0.5) is 11.5 Å². The summed E-state index contributed by atoms with van der Waals surface area (Å²) in [4.78, 5) is 4.39. The van der Waals surface area contributed by atoms with E-state index in [1.807, 2.05) is 12.1 Å². The molecule has 0 unspecified atom stereocenters. The van der Waals surface area contributed by atoms with Gasteiger partial charge in [0.1, 0.15) is 5.82 Å². The van der Waals surface area contributed by atoms with Crippen molar-refractivity contribution in [2.24, 2.45) is 11.8 Å². The molecule has 5 heteroatoms. The number of nitrogens with one attached hydrogen (secondary N) is 1. The second kappa shape index (κ2) is 7.33. The summed E-state index contributed by atoms with van der Waals surface area (Å²) in [6, 6.07) is 3.69. The Morgan fingerprint density at radius 2 is 2.20 bits per heavy atom. The van der Waals surface area contributed by atoms with Crippen LogP contribution in [0.2, 0.25) is 0 Å². The number of rotatable bonds is 9. The van der Waals surface area contributed by atoms with Crippen LogP contribution in [0.3, 0.4) is 0 Å². The summed E-state index contributed by atoms with van der Waals surface area (Å²) >= 11 is 0. The highest BCUT2D eigenvalue weighted by Crippen LogP contribution is 2.30. The first-order chi connectivity index (χ1) is 9.65. The number of hydrogen-bond acceptors (Lipinski definition) is 5. The van der Waals surface area contributed by atoms with E-state index in [9.17, 15) is 0 Å². The minimum absolute atomic E-state index is 0.532. The normalized spacial score (nSPS) is 14.6. The molecule has 0 spiro atoms. The van der Waals surface area contributed by atoms with E-state index in [0.717, 1.165) is 25.6 Å². The first kappa shape index (κ1) is 14.9. The van der Waals surface area contributed by atoms with Gasteiger partial charge in [-0.2, -0.15) is 4.98 Å². The minimum Gasteiger partial charge on any atom is -0.476 e. The number of nitrogens with two attached hydrogens (primary N) is 1. The Hall–Kier alpha value is -1.49. The first-order valence-electron chi connectivity index (χ1n) is 7.36. The standard InChI is InChI=1S/C15H25N3O2/c1-11(2)9-19-8-7-17-14-6-5-13(16)15(18-14)20-10-12-3-4-12/h5-6,11-12H,3-4,7-10,16H2,1-2H3,(H,17,18). The van der Waals surface area contributed by atoms with Gasteiger partial charge in [0.15, 0.2) is 0 Å². The number of aromatic nitrogens is 1. The number of hydrogen-bond donors (Lipinski definition) is 2. The van der Waals surface area contributed by atoms with E-state index in [2.05, 4.69) is 24.1 Å². The molecule has 1 aromatic heterocycles. The molecule has 3 N–H and O–H groups in total. The van der Waals surface area contributed by atoms with Crippen molar-refractivity contribution in [1.29, 1.82) is 0 Å². The maximum absolute atomic E-state index is 5.87. The van der Waals surface area contributed by atoms with Crippen LogP contribution in [0.25, 0.3) is 0 Å². The van der Waals surface area contributed by atoms with Gasteiger partial charge in [-0.25, -0.2) is 0 Å². The molecule has 1 fully saturated rings. The van der Waals surface area contributed by atoms with Crippen LogP contribution < -0.4 is 15.8 Å². The van der Waals surface area contributed by atoms with Crippen molar-refractivity contribution >= 4 is 11.5 Å². The molecule has 0 bridgehead atoms. The maximum atomic E-state index is 5.87. The number of nitrogen functional groups attached to an aromatic ring is 1. The Morgan fingerprint density at radius 3 is 2.90 bits per heavy atom. The fraction of sp³-hybridized carbons (Fsp3) is 0.667. The van der Waals surface area contributed by atoms with Gasteiger partial charge in [-0.15, -0.1) is 0 Å². The summed E-state index contributed by atoms with van der Waals surface area (Å²) < 4.78 is 11.2. The second-order valence-corrected chi connectivity index (χ2v) is 5.74. The summed E-state index contributed by atoms with van der Waals surface area (Å²) in [6.45, 7) is 7.18. The molecule has 112 valence electrons. The van der Waals surface area contributed by atoms with Crippen LogP contribution in [0.1, 0.15) is 26.7 Å². The molecule has 0 atom stereocenters. The summed E-state index contributed by atoms with van der Waals surface area (Å²) in [5.41, 5.74) is 6.46. The maximum Gasteiger partial charge on any atom is 0.239 e. The molecule has 0 amide bonds. The molecule has 5 nitrogen and oxygen atoms in total. The third-order valence-electron chi connectivity index (χ3n) is 3.05. The Labute approximate surface area is 120 Å². The highest BCUT2D eigenvalue weighted by Gasteiger charge is 2.22. The van der Waals surface area contributed by atoms with Gasteiger partial charge in [0.25, 0.3) is 0 Å². The molecule has 0 saturated heterocycles. The zero-order chi connectivity index (χ0) is 14.4. The molecule has 0 aromatic carbocycles. The SMILES string of the molecule is CC(C)COCCNc1ccc(N)c(OCC2CC2)n1. The van der Waals surface area contributed by atoms with Gasteiger partial charge in [0, 0.05) is 13.2 Å². The Balaban J connectivity index is 1.74. The molecule has 1 aromatic rings. The van der Waals surface area contributed by atoms with E-state index < -0.39 is 0 Å². The smallest absolute Gasteiger partial charge is 0.239 e. The molecule has 20 heavy (non-hydrogen) atoms. The van der Waals surface area contributed by atoms with Crippen molar-refractivity contribution in [2.45, 2.75) is 26.7 Å². The number of pyridine rings is 1. The topological polar surface area (TPSA) is 69.4 Å².